The number of hydrogen-bond donors (Lipinski definition) is 1. The summed E-state index contributed by atoms with van der Waals surface area (Å²) in [5.41, 5.74) is -0.0284. The number of carbonyl (C=O) groups is 1. The van der Waals surface area contributed by atoms with Crippen molar-refractivity contribution in [2.75, 3.05) is 0 Å². The summed E-state index contributed by atoms with van der Waals surface area (Å²) >= 11 is 0. The SMILES string of the molecule is CC(C)(C)OC(=O)NS(=O)(=O)C1(c2ccccc2)CC1. The van der Waals surface area contributed by atoms with E-state index in [0.717, 1.165) is 0 Å². The van der Waals surface area contributed by atoms with Gasteiger partial charge < -0.3 is 4.74 Å². The summed E-state index contributed by atoms with van der Waals surface area (Å²) in [4.78, 5) is 11.7. The number of sulfonamides is 1. The maximum absolute atomic E-state index is 12.4. The van der Waals surface area contributed by atoms with Crippen molar-refractivity contribution in [3.63, 3.8) is 0 Å². The first-order valence-electron chi connectivity index (χ1n) is 6.47. The van der Waals surface area contributed by atoms with Crippen LogP contribution in [0.5, 0.6) is 0 Å². The van der Waals surface area contributed by atoms with Gasteiger partial charge in [0.05, 0.1) is 0 Å². The average Bonchev–Trinajstić information content (AvgIpc) is 3.07. The van der Waals surface area contributed by atoms with Crippen LogP contribution < -0.4 is 4.72 Å². The van der Waals surface area contributed by atoms with E-state index in [1.54, 1.807) is 45.0 Å². The van der Waals surface area contributed by atoms with Crippen LogP contribution in [0.25, 0.3) is 0 Å². The van der Waals surface area contributed by atoms with Crippen molar-refractivity contribution >= 4 is 16.1 Å². The number of carbonyl (C=O) groups excluding carboxylic acids is 1. The van der Waals surface area contributed by atoms with Crippen LogP contribution in [0.4, 0.5) is 4.79 Å². The largest absolute Gasteiger partial charge is 0.443 e. The van der Waals surface area contributed by atoms with Crippen molar-refractivity contribution in [3.05, 3.63) is 35.9 Å². The zero-order valence-electron chi connectivity index (χ0n) is 11.8. The van der Waals surface area contributed by atoms with E-state index in [1.165, 1.54) is 0 Å². The Bertz CT molecular complexity index is 598. The summed E-state index contributed by atoms with van der Waals surface area (Å²) < 4.78 is 30.8. The number of amides is 1. The number of nitrogens with one attached hydrogen (secondary N) is 1. The highest BCUT2D eigenvalue weighted by Gasteiger charge is 2.56. The van der Waals surface area contributed by atoms with Gasteiger partial charge in [-0.3, -0.25) is 0 Å². The Kier molecular flexibility index (Phi) is 3.54. The Labute approximate surface area is 119 Å². The number of benzene rings is 1. The van der Waals surface area contributed by atoms with Crippen LogP contribution >= 0.6 is 0 Å². The number of hydrogen-bond acceptors (Lipinski definition) is 4. The molecule has 0 spiro atoms. The van der Waals surface area contributed by atoms with Crippen molar-refractivity contribution in [1.29, 1.82) is 0 Å². The smallest absolute Gasteiger partial charge is 0.421 e. The van der Waals surface area contributed by atoms with Crippen molar-refractivity contribution < 1.29 is 17.9 Å². The van der Waals surface area contributed by atoms with Gasteiger partial charge in [0.2, 0.25) is 10.0 Å². The second-order valence-corrected chi connectivity index (χ2v) is 7.96. The zero-order valence-corrected chi connectivity index (χ0v) is 12.7. The molecule has 1 aliphatic carbocycles. The minimum absolute atomic E-state index is 0.509. The van der Waals surface area contributed by atoms with Gasteiger partial charge >= 0.3 is 6.09 Å². The van der Waals surface area contributed by atoms with Crippen LogP contribution in [0.15, 0.2) is 30.3 Å². The van der Waals surface area contributed by atoms with Gasteiger partial charge in [0.25, 0.3) is 0 Å². The van der Waals surface area contributed by atoms with Gasteiger partial charge in [-0.15, -0.1) is 0 Å². The summed E-state index contributed by atoms with van der Waals surface area (Å²) in [5.74, 6) is 0. The minimum atomic E-state index is -3.80. The van der Waals surface area contributed by atoms with Gasteiger partial charge in [-0.1, -0.05) is 30.3 Å². The highest BCUT2D eigenvalue weighted by Crippen LogP contribution is 2.52. The van der Waals surface area contributed by atoms with Crippen molar-refractivity contribution in [2.24, 2.45) is 0 Å². The Balaban J connectivity index is 2.18. The molecule has 0 saturated heterocycles. The predicted molar refractivity (Wildman–Crippen MR) is 75.6 cm³/mol. The van der Waals surface area contributed by atoms with E-state index in [1.807, 2.05) is 10.8 Å². The van der Waals surface area contributed by atoms with Crippen molar-refractivity contribution in [2.45, 2.75) is 44.0 Å². The molecule has 20 heavy (non-hydrogen) atoms. The maximum atomic E-state index is 12.4. The molecule has 1 aromatic rings. The van der Waals surface area contributed by atoms with Crippen LogP contribution in [0.2, 0.25) is 0 Å². The summed E-state index contributed by atoms with van der Waals surface area (Å²) in [6.45, 7) is 5.05. The fraction of sp³-hybridized carbons (Fsp3) is 0.500. The van der Waals surface area contributed by atoms with Gasteiger partial charge in [-0.2, -0.15) is 0 Å². The number of rotatable bonds is 3. The lowest BCUT2D eigenvalue weighted by atomic mass is 10.1. The molecule has 110 valence electrons. The lowest BCUT2D eigenvalue weighted by Gasteiger charge is -2.22. The van der Waals surface area contributed by atoms with Gasteiger partial charge in [0, 0.05) is 0 Å². The molecule has 0 atom stereocenters. The third-order valence-corrected chi connectivity index (χ3v) is 5.24. The van der Waals surface area contributed by atoms with Crippen molar-refractivity contribution in [3.8, 4) is 0 Å². The molecule has 1 amide bonds. The summed E-state index contributed by atoms with van der Waals surface area (Å²) in [5, 5.41) is 0. The molecule has 1 fully saturated rings. The van der Waals surface area contributed by atoms with Crippen LogP contribution in [-0.4, -0.2) is 20.1 Å². The molecule has 0 bridgehead atoms. The molecule has 6 heteroatoms. The fourth-order valence-corrected chi connectivity index (χ4v) is 3.62. The van der Waals surface area contributed by atoms with E-state index in [2.05, 4.69) is 0 Å². The first-order valence-corrected chi connectivity index (χ1v) is 7.95. The molecule has 1 N–H and O–H groups in total. The molecule has 0 heterocycles. The van der Waals surface area contributed by atoms with E-state index in [9.17, 15) is 13.2 Å². The summed E-state index contributed by atoms with van der Waals surface area (Å²) in [6, 6.07) is 8.94. The molecule has 0 unspecified atom stereocenters. The van der Waals surface area contributed by atoms with Gasteiger partial charge in [0.15, 0.2) is 0 Å². The Morgan fingerprint density at radius 3 is 2.20 bits per heavy atom. The molecule has 1 aliphatic rings. The second kappa shape index (κ2) is 4.77. The molecule has 0 radical (unpaired) electrons. The number of ether oxygens (including phenoxy) is 1. The minimum Gasteiger partial charge on any atom is -0.443 e. The van der Waals surface area contributed by atoms with E-state index in [4.69, 9.17) is 4.74 Å². The Hall–Kier alpha value is -1.56. The summed E-state index contributed by atoms with van der Waals surface area (Å²) in [6.07, 6.45) is 0.0873. The van der Waals surface area contributed by atoms with Crippen LogP contribution in [0.1, 0.15) is 39.2 Å². The Morgan fingerprint density at radius 1 is 1.20 bits per heavy atom. The van der Waals surface area contributed by atoms with Crippen LogP contribution in [0, 0.1) is 0 Å². The molecule has 0 aromatic heterocycles. The second-order valence-electron chi connectivity index (χ2n) is 5.97. The highest BCUT2D eigenvalue weighted by molar-refractivity contribution is 7.91. The monoisotopic (exact) mass is 297 g/mol. The van der Waals surface area contributed by atoms with Gasteiger partial charge in [0.1, 0.15) is 10.3 Å². The van der Waals surface area contributed by atoms with E-state index in [0.29, 0.717) is 18.4 Å². The Morgan fingerprint density at radius 2 is 1.75 bits per heavy atom. The molecular weight excluding hydrogens is 278 g/mol. The molecular formula is C14H19NO4S. The van der Waals surface area contributed by atoms with E-state index >= 15 is 0 Å². The molecule has 5 nitrogen and oxygen atoms in total. The third-order valence-electron chi connectivity index (χ3n) is 3.13. The average molecular weight is 297 g/mol. The molecule has 0 aliphatic heterocycles. The third kappa shape index (κ3) is 2.95. The first-order chi connectivity index (χ1) is 9.16. The van der Waals surface area contributed by atoms with Gasteiger partial charge in [-0.25, -0.2) is 17.9 Å². The topological polar surface area (TPSA) is 72.5 Å². The van der Waals surface area contributed by atoms with E-state index < -0.39 is 26.5 Å². The zero-order chi connectivity index (χ0) is 15.0. The maximum Gasteiger partial charge on any atom is 0.421 e. The standard InChI is InChI=1S/C14H19NO4S/c1-13(2,3)19-12(16)15-20(17,18)14(9-10-14)11-7-5-4-6-8-11/h4-8H,9-10H2,1-3H3,(H,15,16). The van der Waals surface area contributed by atoms with Gasteiger partial charge in [-0.05, 0) is 39.2 Å². The van der Waals surface area contributed by atoms with Crippen LogP contribution in [-0.2, 0) is 19.5 Å². The summed E-state index contributed by atoms with van der Waals surface area (Å²) in [7, 11) is -3.80. The van der Waals surface area contributed by atoms with E-state index in [-0.39, 0.29) is 0 Å². The highest BCUT2D eigenvalue weighted by atomic mass is 32.2. The lowest BCUT2D eigenvalue weighted by molar-refractivity contribution is 0.0569. The van der Waals surface area contributed by atoms with Crippen molar-refractivity contribution in [1.82, 2.24) is 4.72 Å². The van der Waals surface area contributed by atoms with Crippen LogP contribution in [0.3, 0.4) is 0 Å². The fourth-order valence-electron chi connectivity index (χ4n) is 2.07. The molecule has 1 saturated carbocycles. The predicted octanol–water partition coefficient (Wildman–Crippen LogP) is 2.53. The lowest BCUT2D eigenvalue weighted by Crippen LogP contribution is -2.41. The molecule has 2 rings (SSSR count). The molecule has 1 aromatic carbocycles. The quantitative estimate of drug-likeness (QED) is 0.930. The normalized spacial score (nSPS) is 17.4. The first kappa shape index (κ1) is 14.8.